The lowest BCUT2D eigenvalue weighted by atomic mass is 10.1. The lowest BCUT2D eigenvalue weighted by Gasteiger charge is -2.14. The van der Waals surface area contributed by atoms with Gasteiger partial charge in [0.1, 0.15) is 23.5 Å². The minimum Gasteiger partial charge on any atom is -0.480 e. The number of aromatic nitrogens is 6. The van der Waals surface area contributed by atoms with Crippen molar-refractivity contribution >= 4 is 12.1 Å². The van der Waals surface area contributed by atoms with Gasteiger partial charge in [0.2, 0.25) is 5.88 Å². The van der Waals surface area contributed by atoms with Crippen molar-refractivity contribution in [2.75, 3.05) is 12.4 Å². The number of hydrogen-bond acceptors (Lipinski definition) is 8. The largest absolute Gasteiger partial charge is 0.480 e. The Morgan fingerprint density at radius 2 is 1.87 bits per heavy atom. The Kier molecular flexibility index (Phi) is 7.02. The van der Waals surface area contributed by atoms with E-state index < -0.39 is 11.9 Å². The topological polar surface area (TPSA) is 108 Å². The summed E-state index contributed by atoms with van der Waals surface area (Å²) in [4.78, 5) is 33.1. The zero-order valence-corrected chi connectivity index (χ0v) is 21.5. The van der Waals surface area contributed by atoms with Crippen LogP contribution in [0.2, 0.25) is 0 Å². The molecule has 4 aromatic rings. The quantitative estimate of drug-likeness (QED) is 0.271. The standard InChI is InChI=1S/C27H26F3N7O2/c1-15(2)37-12-20(27(28,29)30)35-25(37)18-6-4-16(5-7-18)10-31-23-19(13-38)11-32-24(36-23)21-22(17-8-9-17)33-14-34-26(21)39-3/h4-7,11-15,17H,8-10H2,1-3H3,(H,31,32,36). The predicted octanol–water partition coefficient (Wildman–Crippen LogP) is 5.71. The number of nitrogens with one attached hydrogen (secondary N) is 1. The van der Waals surface area contributed by atoms with Gasteiger partial charge in [-0.25, -0.2) is 24.9 Å². The fourth-order valence-electron chi connectivity index (χ4n) is 4.25. The molecule has 1 fully saturated rings. The molecule has 3 heterocycles. The molecule has 0 spiro atoms. The molecule has 1 aliphatic rings. The van der Waals surface area contributed by atoms with E-state index in [2.05, 4.69) is 30.2 Å². The minimum absolute atomic E-state index is 0.201. The van der Waals surface area contributed by atoms with E-state index in [1.54, 1.807) is 38.1 Å². The van der Waals surface area contributed by atoms with Crippen molar-refractivity contribution in [1.29, 1.82) is 0 Å². The highest BCUT2D eigenvalue weighted by Gasteiger charge is 2.35. The Bertz CT molecular complexity index is 1500. The minimum atomic E-state index is -4.53. The Hall–Kier alpha value is -4.35. The van der Waals surface area contributed by atoms with Gasteiger partial charge in [-0.3, -0.25) is 4.79 Å². The van der Waals surface area contributed by atoms with Crippen molar-refractivity contribution in [1.82, 2.24) is 29.5 Å². The van der Waals surface area contributed by atoms with Gasteiger partial charge in [0.15, 0.2) is 17.8 Å². The first-order valence-corrected chi connectivity index (χ1v) is 12.4. The van der Waals surface area contributed by atoms with Crippen LogP contribution in [0.1, 0.15) is 66.0 Å². The van der Waals surface area contributed by atoms with Gasteiger partial charge in [0, 0.05) is 36.5 Å². The Morgan fingerprint density at radius 1 is 1.13 bits per heavy atom. The van der Waals surface area contributed by atoms with Crippen LogP contribution in [0.3, 0.4) is 0 Å². The second-order valence-corrected chi connectivity index (χ2v) is 9.53. The van der Waals surface area contributed by atoms with E-state index in [4.69, 9.17) is 4.74 Å². The summed E-state index contributed by atoms with van der Waals surface area (Å²) in [6.07, 6.45) is 2.08. The highest BCUT2D eigenvalue weighted by molar-refractivity contribution is 5.83. The maximum absolute atomic E-state index is 13.3. The summed E-state index contributed by atoms with van der Waals surface area (Å²) in [5, 5.41) is 3.17. The van der Waals surface area contributed by atoms with Crippen LogP contribution < -0.4 is 10.1 Å². The maximum atomic E-state index is 13.3. The second-order valence-electron chi connectivity index (χ2n) is 9.53. The number of carbonyl (C=O) groups excluding carboxylic acids is 1. The van der Waals surface area contributed by atoms with Crippen molar-refractivity contribution in [3.8, 4) is 28.7 Å². The molecule has 9 nitrogen and oxygen atoms in total. The molecule has 1 aliphatic carbocycles. The second kappa shape index (κ2) is 10.4. The molecular weight excluding hydrogens is 511 g/mol. The van der Waals surface area contributed by atoms with Gasteiger partial charge in [0.05, 0.1) is 18.4 Å². The van der Waals surface area contributed by atoms with Gasteiger partial charge in [0.25, 0.3) is 0 Å². The molecule has 1 saturated carbocycles. The zero-order valence-electron chi connectivity index (χ0n) is 21.5. The molecule has 39 heavy (non-hydrogen) atoms. The van der Waals surface area contributed by atoms with Crippen LogP contribution in [0.15, 0.2) is 43.0 Å². The number of carbonyl (C=O) groups is 1. The van der Waals surface area contributed by atoms with E-state index in [1.807, 2.05) is 0 Å². The zero-order chi connectivity index (χ0) is 27.7. The number of halogens is 3. The van der Waals surface area contributed by atoms with E-state index >= 15 is 0 Å². The molecule has 202 valence electrons. The molecule has 0 amide bonds. The van der Waals surface area contributed by atoms with Crippen LogP contribution in [0.25, 0.3) is 22.8 Å². The van der Waals surface area contributed by atoms with Crippen LogP contribution in [-0.2, 0) is 12.7 Å². The fraction of sp³-hybridized carbons (Fsp3) is 0.333. The van der Waals surface area contributed by atoms with Crippen molar-refractivity contribution in [2.24, 2.45) is 0 Å². The lowest BCUT2D eigenvalue weighted by molar-refractivity contribution is -0.140. The molecule has 0 bridgehead atoms. The van der Waals surface area contributed by atoms with Gasteiger partial charge in [-0.05, 0) is 32.3 Å². The molecular formula is C27H26F3N7O2. The number of anilines is 1. The predicted molar refractivity (Wildman–Crippen MR) is 137 cm³/mol. The number of benzene rings is 1. The number of alkyl halides is 3. The van der Waals surface area contributed by atoms with Gasteiger partial charge in [-0.15, -0.1) is 0 Å². The molecule has 1 N–H and O–H groups in total. The van der Waals surface area contributed by atoms with E-state index in [0.717, 1.165) is 30.3 Å². The van der Waals surface area contributed by atoms with Crippen LogP contribution in [0, 0.1) is 0 Å². The van der Waals surface area contributed by atoms with Crippen LogP contribution in [0.4, 0.5) is 19.0 Å². The van der Waals surface area contributed by atoms with Gasteiger partial charge in [-0.2, -0.15) is 13.2 Å². The first kappa shape index (κ1) is 26.3. The maximum Gasteiger partial charge on any atom is 0.434 e. The summed E-state index contributed by atoms with van der Waals surface area (Å²) >= 11 is 0. The van der Waals surface area contributed by atoms with E-state index in [0.29, 0.717) is 47.4 Å². The normalized spacial score (nSPS) is 13.5. The number of methoxy groups -OCH3 is 1. The van der Waals surface area contributed by atoms with Gasteiger partial charge >= 0.3 is 6.18 Å². The highest BCUT2D eigenvalue weighted by Crippen LogP contribution is 2.45. The van der Waals surface area contributed by atoms with E-state index in [-0.39, 0.29) is 17.4 Å². The summed E-state index contributed by atoms with van der Waals surface area (Å²) in [6.45, 7) is 3.91. The monoisotopic (exact) mass is 537 g/mol. The molecule has 0 radical (unpaired) electrons. The molecule has 0 aliphatic heterocycles. The number of imidazole rings is 1. The van der Waals surface area contributed by atoms with E-state index in [9.17, 15) is 18.0 Å². The van der Waals surface area contributed by atoms with Crippen molar-refractivity contribution in [2.45, 2.75) is 51.4 Å². The van der Waals surface area contributed by atoms with Crippen LogP contribution in [-0.4, -0.2) is 42.9 Å². The molecule has 1 aromatic carbocycles. The molecule has 0 unspecified atom stereocenters. The third-order valence-electron chi connectivity index (χ3n) is 6.42. The van der Waals surface area contributed by atoms with Crippen molar-refractivity contribution in [3.05, 3.63) is 65.5 Å². The summed E-state index contributed by atoms with van der Waals surface area (Å²) in [7, 11) is 1.52. The Labute approximate surface area is 222 Å². The Morgan fingerprint density at radius 3 is 2.49 bits per heavy atom. The molecule has 0 atom stereocenters. The number of ether oxygens (including phenoxy) is 1. The lowest BCUT2D eigenvalue weighted by Crippen LogP contribution is -2.08. The summed E-state index contributed by atoms with van der Waals surface area (Å²) in [5.74, 6) is 1.57. The van der Waals surface area contributed by atoms with Gasteiger partial charge < -0.3 is 14.6 Å². The Balaban J connectivity index is 1.39. The summed E-state index contributed by atoms with van der Waals surface area (Å²) in [5.41, 5.74) is 2.15. The number of hydrogen-bond donors (Lipinski definition) is 1. The average molecular weight is 538 g/mol. The van der Waals surface area contributed by atoms with Crippen LogP contribution >= 0.6 is 0 Å². The summed E-state index contributed by atoms with van der Waals surface area (Å²) < 4.78 is 46.7. The number of nitrogens with zero attached hydrogens (tertiary/aromatic N) is 6. The third kappa shape index (κ3) is 5.45. The number of rotatable bonds is 9. The van der Waals surface area contributed by atoms with Crippen molar-refractivity contribution < 1.29 is 22.7 Å². The number of aldehydes is 1. The first-order valence-electron chi connectivity index (χ1n) is 12.4. The average Bonchev–Trinajstić information content (AvgIpc) is 3.67. The fourth-order valence-corrected chi connectivity index (χ4v) is 4.25. The molecule has 0 saturated heterocycles. The molecule has 5 rings (SSSR count). The molecule has 12 heteroatoms. The van der Waals surface area contributed by atoms with Gasteiger partial charge in [-0.1, -0.05) is 24.3 Å². The van der Waals surface area contributed by atoms with Crippen LogP contribution in [0.5, 0.6) is 5.88 Å². The molecule has 3 aromatic heterocycles. The third-order valence-corrected chi connectivity index (χ3v) is 6.42. The summed E-state index contributed by atoms with van der Waals surface area (Å²) in [6, 6.07) is 6.82. The SMILES string of the molecule is COc1ncnc(C2CC2)c1-c1ncc(C=O)c(NCc2ccc(-c3nc(C(F)(F)F)cn3C(C)C)cc2)n1. The highest BCUT2D eigenvalue weighted by atomic mass is 19.4. The first-order chi connectivity index (χ1) is 18.7. The van der Waals surface area contributed by atoms with Crippen molar-refractivity contribution in [3.63, 3.8) is 0 Å². The van der Waals surface area contributed by atoms with E-state index in [1.165, 1.54) is 24.2 Å². The smallest absolute Gasteiger partial charge is 0.434 e.